The van der Waals surface area contributed by atoms with E-state index in [2.05, 4.69) is 40.8 Å². The van der Waals surface area contributed by atoms with Crippen LogP contribution in [0.3, 0.4) is 0 Å². The second-order valence-corrected chi connectivity index (χ2v) is 5.70. The number of nitrogens with two attached hydrogens (primary N) is 1. The number of pyridine rings is 1. The lowest BCUT2D eigenvalue weighted by Crippen LogP contribution is -2.08. The predicted molar refractivity (Wildman–Crippen MR) is 87.1 cm³/mol. The average Bonchev–Trinajstić information content (AvgIpc) is 2.99. The second kappa shape index (κ2) is 5.51. The van der Waals surface area contributed by atoms with Crippen LogP contribution in [0.4, 0.5) is 11.4 Å². The van der Waals surface area contributed by atoms with Gasteiger partial charge in [-0.15, -0.1) is 11.3 Å². The molecule has 3 rings (SSSR count). The van der Waals surface area contributed by atoms with Crippen molar-refractivity contribution in [3.63, 3.8) is 0 Å². The zero-order chi connectivity index (χ0) is 13.9. The zero-order valence-corrected chi connectivity index (χ0v) is 12.2. The highest BCUT2D eigenvalue weighted by Gasteiger charge is 2.12. The van der Waals surface area contributed by atoms with Crippen LogP contribution in [0.1, 0.15) is 24.3 Å². The summed E-state index contributed by atoms with van der Waals surface area (Å²) in [6.45, 7) is 2.19. The first-order chi connectivity index (χ1) is 9.79. The van der Waals surface area contributed by atoms with Gasteiger partial charge in [-0.25, -0.2) is 0 Å². The largest absolute Gasteiger partial charge is 0.397 e. The summed E-state index contributed by atoms with van der Waals surface area (Å²) in [7, 11) is 0. The maximum absolute atomic E-state index is 5.99. The van der Waals surface area contributed by atoms with E-state index < -0.39 is 0 Å². The van der Waals surface area contributed by atoms with E-state index in [1.807, 2.05) is 24.4 Å². The number of para-hydroxylation sites is 1. The summed E-state index contributed by atoms with van der Waals surface area (Å²) in [6.07, 6.45) is 2.84. The van der Waals surface area contributed by atoms with Gasteiger partial charge in [0.1, 0.15) is 0 Å². The highest BCUT2D eigenvalue weighted by molar-refractivity contribution is 7.10. The van der Waals surface area contributed by atoms with Crippen molar-refractivity contribution >= 4 is 33.6 Å². The number of thiophene rings is 1. The SMILES string of the molecule is CCC(Nc1ccnc2c(N)cccc12)c1cccs1. The average molecular weight is 283 g/mol. The maximum Gasteiger partial charge on any atom is 0.0951 e. The van der Waals surface area contributed by atoms with Gasteiger partial charge in [0.2, 0.25) is 0 Å². The normalized spacial score (nSPS) is 12.4. The molecule has 1 atom stereocenters. The van der Waals surface area contributed by atoms with E-state index >= 15 is 0 Å². The molecule has 0 aliphatic rings. The number of fused-ring (bicyclic) bond motifs is 1. The van der Waals surface area contributed by atoms with Crippen LogP contribution in [0.25, 0.3) is 10.9 Å². The van der Waals surface area contributed by atoms with Crippen molar-refractivity contribution in [3.8, 4) is 0 Å². The van der Waals surface area contributed by atoms with Crippen molar-refractivity contribution in [2.75, 3.05) is 11.1 Å². The first kappa shape index (κ1) is 12.9. The Morgan fingerprint density at radius 1 is 1.25 bits per heavy atom. The fraction of sp³-hybridized carbons (Fsp3) is 0.188. The molecule has 2 aromatic heterocycles. The van der Waals surface area contributed by atoms with Gasteiger partial charge in [0.05, 0.1) is 17.2 Å². The topological polar surface area (TPSA) is 50.9 Å². The third-order valence-electron chi connectivity index (χ3n) is 3.43. The predicted octanol–water partition coefficient (Wildman–Crippen LogP) is 4.44. The molecule has 0 aliphatic carbocycles. The smallest absolute Gasteiger partial charge is 0.0951 e. The Bertz CT molecular complexity index is 707. The van der Waals surface area contributed by atoms with Crippen LogP contribution in [0, 0.1) is 0 Å². The van der Waals surface area contributed by atoms with E-state index in [9.17, 15) is 0 Å². The van der Waals surface area contributed by atoms with Gasteiger partial charge in [0.25, 0.3) is 0 Å². The van der Waals surface area contributed by atoms with Crippen molar-refractivity contribution in [2.45, 2.75) is 19.4 Å². The second-order valence-electron chi connectivity index (χ2n) is 4.72. The number of anilines is 2. The molecule has 4 heteroatoms. The van der Waals surface area contributed by atoms with Gasteiger partial charge in [-0.05, 0) is 30.0 Å². The molecule has 2 heterocycles. The molecule has 0 bridgehead atoms. The number of hydrogen-bond acceptors (Lipinski definition) is 4. The Morgan fingerprint density at radius 3 is 2.90 bits per heavy atom. The molecule has 1 unspecified atom stereocenters. The van der Waals surface area contributed by atoms with Crippen LogP contribution < -0.4 is 11.1 Å². The molecule has 0 fully saturated rings. The maximum atomic E-state index is 5.99. The van der Waals surface area contributed by atoms with Gasteiger partial charge in [0.15, 0.2) is 0 Å². The first-order valence-corrected chi connectivity index (χ1v) is 7.60. The van der Waals surface area contributed by atoms with Gasteiger partial charge < -0.3 is 11.1 Å². The third kappa shape index (κ3) is 2.34. The molecule has 0 amide bonds. The first-order valence-electron chi connectivity index (χ1n) is 6.72. The van der Waals surface area contributed by atoms with Crippen LogP contribution in [0.15, 0.2) is 48.0 Å². The number of aromatic nitrogens is 1. The number of nitrogens with one attached hydrogen (secondary N) is 1. The molecule has 0 saturated carbocycles. The molecule has 3 N–H and O–H groups in total. The molecular weight excluding hydrogens is 266 g/mol. The molecule has 0 saturated heterocycles. The van der Waals surface area contributed by atoms with E-state index in [4.69, 9.17) is 5.73 Å². The number of nitrogen functional groups attached to an aromatic ring is 1. The van der Waals surface area contributed by atoms with Crippen molar-refractivity contribution < 1.29 is 0 Å². The highest BCUT2D eigenvalue weighted by atomic mass is 32.1. The summed E-state index contributed by atoms with van der Waals surface area (Å²) in [5.41, 5.74) is 8.66. The molecule has 0 radical (unpaired) electrons. The van der Waals surface area contributed by atoms with Crippen LogP contribution in [0.5, 0.6) is 0 Å². The molecule has 3 aromatic rings. The molecule has 1 aromatic carbocycles. The Hall–Kier alpha value is -2.07. The van der Waals surface area contributed by atoms with E-state index in [0.29, 0.717) is 6.04 Å². The van der Waals surface area contributed by atoms with Crippen molar-refractivity contribution in [1.82, 2.24) is 4.98 Å². The number of rotatable bonds is 4. The van der Waals surface area contributed by atoms with E-state index in [1.54, 1.807) is 11.3 Å². The summed E-state index contributed by atoms with van der Waals surface area (Å²) >= 11 is 1.78. The summed E-state index contributed by atoms with van der Waals surface area (Å²) in [5.74, 6) is 0. The van der Waals surface area contributed by atoms with Crippen LogP contribution in [0.2, 0.25) is 0 Å². The van der Waals surface area contributed by atoms with Gasteiger partial charge in [-0.2, -0.15) is 0 Å². The van der Waals surface area contributed by atoms with Gasteiger partial charge >= 0.3 is 0 Å². The lowest BCUT2D eigenvalue weighted by molar-refractivity contribution is 0.765. The number of benzene rings is 1. The van der Waals surface area contributed by atoms with Gasteiger partial charge in [0, 0.05) is 22.1 Å². The highest BCUT2D eigenvalue weighted by Crippen LogP contribution is 2.31. The van der Waals surface area contributed by atoms with E-state index in [1.165, 1.54) is 4.88 Å². The van der Waals surface area contributed by atoms with Crippen molar-refractivity contribution in [1.29, 1.82) is 0 Å². The van der Waals surface area contributed by atoms with Crippen molar-refractivity contribution in [2.24, 2.45) is 0 Å². The quantitative estimate of drug-likeness (QED) is 0.696. The summed E-state index contributed by atoms with van der Waals surface area (Å²) in [6, 6.07) is 12.5. The Labute approximate surface area is 122 Å². The minimum atomic E-state index is 0.321. The number of nitrogens with zero attached hydrogens (tertiary/aromatic N) is 1. The van der Waals surface area contributed by atoms with Gasteiger partial charge in [-0.3, -0.25) is 4.98 Å². The molecule has 102 valence electrons. The third-order valence-corrected chi connectivity index (χ3v) is 4.41. The minimum absolute atomic E-state index is 0.321. The lowest BCUT2D eigenvalue weighted by atomic mass is 10.1. The summed E-state index contributed by atoms with van der Waals surface area (Å²) in [5, 5.41) is 6.80. The Kier molecular flexibility index (Phi) is 3.56. The summed E-state index contributed by atoms with van der Waals surface area (Å²) in [4.78, 5) is 5.72. The van der Waals surface area contributed by atoms with Crippen LogP contribution in [-0.2, 0) is 0 Å². The zero-order valence-electron chi connectivity index (χ0n) is 11.3. The van der Waals surface area contributed by atoms with E-state index in [0.717, 1.165) is 28.7 Å². The molecule has 20 heavy (non-hydrogen) atoms. The monoisotopic (exact) mass is 283 g/mol. The van der Waals surface area contributed by atoms with E-state index in [-0.39, 0.29) is 0 Å². The fourth-order valence-corrected chi connectivity index (χ4v) is 3.24. The molecule has 0 spiro atoms. The number of hydrogen-bond donors (Lipinski definition) is 2. The molecular formula is C16H17N3S. The van der Waals surface area contributed by atoms with Gasteiger partial charge in [-0.1, -0.05) is 25.1 Å². The Balaban J connectivity index is 2.00. The minimum Gasteiger partial charge on any atom is -0.397 e. The fourth-order valence-electron chi connectivity index (χ4n) is 2.38. The molecule has 3 nitrogen and oxygen atoms in total. The molecule has 0 aliphatic heterocycles. The van der Waals surface area contributed by atoms with Crippen LogP contribution in [-0.4, -0.2) is 4.98 Å². The van der Waals surface area contributed by atoms with Crippen LogP contribution >= 0.6 is 11.3 Å². The summed E-state index contributed by atoms with van der Waals surface area (Å²) < 4.78 is 0. The Morgan fingerprint density at radius 2 is 2.15 bits per heavy atom. The lowest BCUT2D eigenvalue weighted by Gasteiger charge is -2.18. The van der Waals surface area contributed by atoms with Crippen molar-refractivity contribution in [3.05, 3.63) is 52.9 Å². The standard InChI is InChI=1S/C16H17N3S/c1-2-13(15-7-4-10-20-15)19-14-8-9-18-16-11(14)5-3-6-12(16)17/h3-10,13H,2,17H2,1H3,(H,18,19).